The molecule has 9 heteroatoms. The summed E-state index contributed by atoms with van der Waals surface area (Å²) in [5.74, 6) is -0.0901. The number of sulfonamides is 1. The predicted octanol–water partition coefficient (Wildman–Crippen LogP) is 0.763. The van der Waals surface area contributed by atoms with Crippen molar-refractivity contribution in [2.75, 3.05) is 0 Å². The molecule has 0 unspecified atom stereocenters. The molecule has 3 N–H and O–H groups in total. The summed E-state index contributed by atoms with van der Waals surface area (Å²) in [4.78, 5) is 3.73. The Balaban J connectivity index is 2.29. The van der Waals surface area contributed by atoms with Gasteiger partial charge in [-0.25, -0.2) is 17.5 Å². The summed E-state index contributed by atoms with van der Waals surface area (Å²) in [6, 6.07) is 2.57. The zero-order valence-corrected chi connectivity index (χ0v) is 12.4. The van der Waals surface area contributed by atoms with E-state index < -0.39 is 15.8 Å². The van der Waals surface area contributed by atoms with Gasteiger partial charge in [-0.05, 0) is 31.5 Å². The molecule has 2 rings (SSSR count). The van der Waals surface area contributed by atoms with Gasteiger partial charge in [0.25, 0.3) is 0 Å². The lowest BCUT2D eigenvalue weighted by Gasteiger charge is -2.10. The Bertz CT molecular complexity index is 758. The molecule has 0 aliphatic carbocycles. The van der Waals surface area contributed by atoms with Crippen molar-refractivity contribution in [3.8, 4) is 0 Å². The van der Waals surface area contributed by atoms with Gasteiger partial charge in [0, 0.05) is 12.1 Å². The third-order valence-electron chi connectivity index (χ3n) is 2.86. The second-order valence-electron chi connectivity index (χ2n) is 4.46. The van der Waals surface area contributed by atoms with Crippen molar-refractivity contribution in [1.29, 1.82) is 0 Å². The third kappa shape index (κ3) is 3.43. The van der Waals surface area contributed by atoms with Crippen LogP contribution in [-0.2, 0) is 23.1 Å². The summed E-state index contributed by atoms with van der Waals surface area (Å²) in [6.45, 7) is 2.88. The molecule has 0 radical (unpaired) electrons. The lowest BCUT2D eigenvalue weighted by molar-refractivity contribution is 0.372. The van der Waals surface area contributed by atoms with Crippen LogP contribution in [0.5, 0.6) is 0 Å². The number of hydrogen-bond acceptors (Lipinski definition) is 6. The number of nitrogens with one attached hydrogen (secondary N) is 1. The zero-order valence-electron chi connectivity index (χ0n) is 11.6. The molecule has 0 amide bonds. The molecule has 0 bridgehead atoms. The van der Waals surface area contributed by atoms with Gasteiger partial charge in [-0.1, -0.05) is 5.16 Å². The lowest BCUT2D eigenvalue weighted by Crippen LogP contribution is -2.25. The minimum atomic E-state index is -3.91. The summed E-state index contributed by atoms with van der Waals surface area (Å²) in [6.07, 6.45) is 0. The van der Waals surface area contributed by atoms with E-state index in [1.54, 1.807) is 6.92 Å². The van der Waals surface area contributed by atoms with E-state index in [9.17, 15) is 12.8 Å². The highest BCUT2D eigenvalue weighted by Gasteiger charge is 2.20. The van der Waals surface area contributed by atoms with E-state index >= 15 is 0 Å². The second kappa shape index (κ2) is 5.88. The van der Waals surface area contributed by atoms with Crippen molar-refractivity contribution in [3.63, 3.8) is 0 Å². The van der Waals surface area contributed by atoms with E-state index in [0.29, 0.717) is 11.4 Å². The van der Waals surface area contributed by atoms with E-state index in [-0.39, 0.29) is 29.4 Å². The molecule has 0 aliphatic heterocycles. The van der Waals surface area contributed by atoms with E-state index in [4.69, 9.17) is 10.3 Å². The fourth-order valence-electron chi connectivity index (χ4n) is 1.75. The SMILES string of the molecule is Cc1noc(CNS(=O)(=O)c2cc(CN)cc(F)c2C)n1. The number of aromatic nitrogens is 2. The number of nitrogens with zero attached hydrogens (tertiary/aromatic N) is 2. The molecule has 0 fully saturated rings. The second-order valence-corrected chi connectivity index (χ2v) is 6.20. The van der Waals surface area contributed by atoms with Gasteiger partial charge in [0.1, 0.15) is 5.82 Å². The molecule has 114 valence electrons. The van der Waals surface area contributed by atoms with Gasteiger partial charge in [0.15, 0.2) is 5.82 Å². The Morgan fingerprint density at radius 2 is 2.10 bits per heavy atom. The minimum Gasteiger partial charge on any atom is -0.338 e. The van der Waals surface area contributed by atoms with Crippen molar-refractivity contribution >= 4 is 10.0 Å². The number of nitrogens with two attached hydrogens (primary N) is 1. The monoisotopic (exact) mass is 314 g/mol. The molecule has 0 saturated heterocycles. The average molecular weight is 314 g/mol. The van der Waals surface area contributed by atoms with Gasteiger partial charge in [0.05, 0.1) is 11.4 Å². The smallest absolute Gasteiger partial charge is 0.241 e. The van der Waals surface area contributed by atoms with Gasteiger partial charge in [-0.2, -0.15) is 4.98 Å². The van der Waals surface area contributed by atoms with E-state index in [1.807, 2.05) is 0 Å². The fourth-order valence-corrected chi connectivity index (χ4v) is 3.03. The summed E-state index contributed by atoms with van der Waals surface area (Å²) < 4.78 is 45.3. The van der Waals surface area contributed by atoms with Crippen LogP contribution >= 0.6 is 0 Å². The van der Waals surface area contributed by atoms with E-state index in [2.05, 4.69) is 14.9 Å². The molecule has 0 spiro atoms. The molecule has 1 aromatic carbocycles. The maximum atomic E-state index is 13.7. The van der Waals surface area contributed by atoms with Gasteiger partial charge >= 0.3 is 0 Å². The highest BCUT2D eigenvalue weighted by Crippen LogP contribution is 2.20. The van der Waals surface area contributed by atoms with Gasteiger partial charge < -0.3 is 10.3 Å². The molecule has 0 saturated carbocycles. The molecule has 1 aromatic heterocycles. The van der Waals surface area contributed by atoms with Crippen molar-refractivity contribution in [2.45, 2.75) is 31.8 Å². The first-order valence-corrected chi connectivity index (χ1v) is 7.59. The maximum Gasteiger partial charge on any atom is 0.241 e. The van der Waals surface area contributed by atoms with Crippen LogP contribution in [0.4, 0.5) is 4.39 Å². The van der Waals surface area contributed by atoms with Crippen molar-refractivity contribution in [2.24, 2.45) is 5.73 Å². The standard InChI is InChI=1S/C12H15FN4O3S/c1-7-10(13)3-9(5-14)4-11(7)21(18,19)15-6-12-16-8(2)17-20-12/h3-4,15H,5-6,14H2,1-2H3. The highest BCUT2D eigenvalue weighted by molar-refractivity contribution is 7.89. The predicted molar refractivity (Wildman–Crippen MR) is 72.1 cm³/mol. The molecular formula is C12H15FN4O3S. The van der Waals surface area contributed by atoms with Gasteiger partial charge in [0.2, 0.25) is 15.9 Å². The lowest BCUT2D eigenvalue weighted by atomic mass is 10.1. The first-order chi connectivity index (χ1) is 9.83. The molecule has 1 heterocycles. The quantitative estimate of drug-likeness (QED) is 0.843. The van der Waals surface area contributed by atoms with Crippen LogP contribution in [0.3, 0.4) is 0 Å². The molecule has 0 aliphatic rings. The fraction of sp³-hybridized carbons (Fsp3) is 0.333. The summed E-state index contributed by atoms with van der Waals surface area (Å²) in [5, 5.41) is 3.55. The van der Waals surface area contributed by atoms with Crippen LogP contribution in [0, 0.1) is 19.7 Å². The topological polar surface area (TPSA) is 111 Å². The van der Waals surface area contributed by atoms with Crippen LogP contribution in [-0.4, -0.2) is 18.6 Å². The van der Waals surface area contributed by atoms with E-state index in [0.717, 1.165) is 0 Å². The van der Waals surface area contributed by atoms with Crippen molar-refractivity contribution in [3.05, 3.63) is 40.8 Å². The molecule has 0 atom stereocenters. The highest BCUT2D eigenvalue weighted by atomic mass is 32.2. The first-order valence-electron chi connectivity index (χ1n) is 6.11. The zero-order chi connectivity index (χ0) is 15.6. The third-order valence-corrected chi connectivity index (χ3v) is 4.39. The van der Waals surface area contributed by atoms with Crippen LogP contribution in [0.2, 0.25) is 0 Å². The number of hydrogen-bond donors (Lipinski definition) is 2. The van der Waals surface area contributed by atoms with Crippen LogP contribution < -0.4 is 10.5 Å². The minimum absolute atomic E-state index is 0.0291. The summed E-state index contributed by atoms with van der Waals surface area (Å²) in [5.41, 5.74) is 5.86. The van der Waals surface area contributed by atoms with E-state index in [1.165, 1.54) is 19.1 Å². The Kier molecular flexibility index (Phi) is 4.35. The Hall–Kier alpha value is -1.84. The number of benzene rings is 1. The number of rotatable bonds is 5. The van der Waals surface area contributed by atoms with Crippen molar-refractivity contribution < 1.29 is 17.3 Å². The van der Waals surface area contributed by atoms with Crippen LogP contribution in [0.15, 0.2) is 21.6 Å². The normalized spacial score (nSPS) is 11.8. The Morgan fingerprint density at radius 3 is 2.67 bits per heavy atom. The van der Waals surface area contributed by atoms with Crippen LogP contribution in [0.1, 0.15) is 22.8 Å². The van der Waals surface area contributed by atoms with Gasteiger partial charge in [-0.15, -0.1) is 0 Å². The molecule has 21 heavy (non-hydrogen) atoms. The van der Waals surface area contributed by atoms with Crippen LogP contribution in [0.25, 0.3) is 0 Å². The average Bonchev–Trinajstić information content (AvgIpc) is 2.85. The molecule has 7 nitrogen and oxygen atoms in total. The van der Waals surface area contributed by atoms with Gasteiger partial charge in [-0.3, -0.25) is 0 Å². The Labute approximate surface area is 121 Å². The summed E-state index contributed by atoms with van der Waals surface area (Å²) >= 11 is 0. The maximum absolute atomic E-state index is 13.7. The number of aryl methyl sites for hydroxylation is 1. The molecule has 2 aromatic rings. The molecular weight excluding hydrogens is 299 g/mol. The first kappa shape index (κ1) is 15.5. The Morgan fingerprint density at radius 1 is 1.38 bits per heavy atom. The largest absolute Gasteiger partial charge is 0.338 e. The number of halogens is 1. The van der Waals surface area contributed by atoms with Crippen molar-refractivity contribution in [1.82, 2.24) is 14.9 Å². The summed E-state index contributed by atoms with van der Waals surface area (Å²) in [7, 11) is -3.91.